The molecule has 0 saturated carbocycles. The van der Waals surface area contributed by atoms with Gasteiger partial charge in [0.05, 0.1) is 11.3 Å². The molecule has 2 aromatic rings. The van der Waals surface area contributed by atoms with Crippen LogP contribution in [0.25, 0.3) is 0 Å². The molecule has 3 aliphatic rings. The third-order valence-electron chi connectivity index (χ3n) is 9.37. The van der Waals surface area contributed by atoms with Crippen molar-refractivity contribution in [2.24, 2.45) is 5.92 Å². The molecule has 0 radical (unpaired) electrons. The van der Waals surface area contributed by atoms with Crippen molar-refractivity contribution in [2.75, 3.05) is 50.5 Å². The number of likely N-dealkylation sites (N-methyl/N-ethyl adjacent to an activating group) is 1. The third-order valence-corrected chi connectivity index (χ3v) is 9.37. The Labute approximate surface area is 245 Å². The lowest BCUT2D eigenvalue weighted by Gasteiger charge is -2.42. The van der Waals surface area contributed by atoms with Gasteiger partial charge in [-0.15, -0.1) is 0 Å². The normalized spacial score (nSPS) is 24.9. The van der Waals surface area contributed by atoms with E-state index < -0.39 is 17.7 Å². The highest BCUT2D eigenvalue weighted by Crippen LogP contribution is 2.46. The first-order chi connectivity index (χ1) is 19.9. The van der Waals surface area contributed by atoms with Gasteiger partial charge in [-0.25, -0.2) is 0 Å². The summed E-state index contributed by atoms with van der Waals surface area (Å²) in [7, 11) is 2.07. The summed E-state index contributed by atoms with van der Waals surface area (Å²) in [6, 6.07) is 2.92. The van der Waals surface area contributed by atoms with E-state index in [1.54, 1.807) is 11.8 Å². The van der Waals surface area contributed by atoms with Crippen molar-refractivity contribution in [3.05, 3.63) is 52.7 Å². The minimum atomic E-state index is -4.50. The Kier molecular flexibility index (Phi) is 8.42. The highest BCUT2D eigenvalue weighted by molar-refractivity contribution is 5.87. The number of alkyl halides is 3. The number of halogens is 3. The number of nitrogens with two attached hydrogens (primary N) is 1. The van der Waals surface area contributed by atoms with E-state index in [0.717, 1.165) is 36.8 Å². The monoisotopic (exact) mass is 586 g/mol. The zero-order valence-corrected chi connectivity index (χ0v) is 24.9. The van der Waals surface area contributed by atoms with Crippen LogP contribution in [-0.4, -0.2) is 77.6 Å². The summed E-state index contributed by atoms with van der Waals surface area (Å²) in [4.78, 5) is 28.2. The molecule has 2 fully saturated rings. The molecule has 11 heteroatoms. The topological polar surface area (TPSA) is 87.8 Å². The van der Waals surface area contributed by atoms with E-state index in [1.807, 2.05) is 13.8 Å². The van der Waals surface area contributed by atoms with Crippen molar-refractivity contribution in [3.8, 4) is 6.01 Å². The van der Waals surface area contributed by atoms with Crippen molar-refractivity contribution in [2.45, 2.75) is 70.6 Å². The van der Waals surface area contributed by atoms with Crippen LogP contribution < -0.4 is 15.4 Å². The molecule has 42 heavy (non-hydrogen) atoms. The summed E-state index contributed by atoms with van der Waals surface area (Å²) < 4.78 is 48.8. The second-order valence-electron chi connectivity index (χ2n) is 12.1. The minimum Gasteiger partial charge on any atom is -0.462 e. The first-order valence-corrected chi connectivity index (χ1v) is 14.8. The number of hydrogen-bond acceptors (Lipinski definition) is 7. The number of ether oxygens (including phenoxy) is 1. The molecule has 2 N–H and O–H groups in total. The van der Waals surface area contributed by atoms with E-state index in [4.69, 9.17) is 20.4 Å². The minimum absolute atomic E-state index is 0.0310. The molecule has 1 aliphatic carbocycles. The number of carbonyl (C=O) groups is 1. The lowest BCUT2D eigenvalue weighted by Crippen LogP contribution is -2.54. The van der Waals surface area contributed by atoms with Crippen LogP contribution in [0.5, 0.6) is 6.01 Å². The number of carbonyl (C=O) groups excluding carboxylic acids is 1. The van der Waals surface area contributed by atoms with E-state index in [0.29, 0.717) is 56.0 Å². The molecule has 8 nitrogen and oxygen atoms in total. The second kappa shape index (κ2) is 11.7. The molecule has 1 aromatic carbocycles. The SMILES string of the molecule is C=CC(=O)N1CCN(c2nc(OC[C@@H]3CCCN3C)nc3c2C[C@@H](C)[C@H](c2c(C(F)(F)F)ccc(N)c2C)C3)[C@@H](C)C1. The lowest BCUT2D eigenvalue weighted by atomic mass is 9.72. The molecule has 1 aromatic heterocycles. The number of piperazine rings is 1. The first-order valence-electron chi connectivity index (χ1n) is 14.8. The Bertz CT molecular complexity index is 1350. The molecule has 3 heterocycles. The van der Waals surface area contributed by atoms with E-state index in [-0.39, 0.29) is 35.5 Å². The summed E-state index contributed by atoms with van der Waals surface area (Å²) in [6.45, 7) is 12.4. The fourth-order valence-corrected chi connectivity index (χ4v) is 6.87. The van der Waals surface area contributed by atoms with Crippen molar-refractivity contribution in [3.63, 3.8) is 0 Å². The van der Waals surface area contributed by atoms with Crippen LogP contribution in [-0.2, 0) is 23.8 Å². The smallest absolute Gasteiger partial charge is 0.416 e. The second-order valence-corrected chi connectivity index (χ2v) is 12.1. The van der Waals surface area contributed by atoms with Gasteiger partial charge < -0.3 is 25.2 Å². The Morgan fingerprint density at radius 2 is 1.95 bits per heavy atom. The summed E-state index contributed by atoms with van der Waals surface area (Å²) >= 11 is 0. The summed E-state index contributed by atoms with van der Waals surface area (Å²) in [5.74, 6) is 0.108. The van der Waals surface area contributed by atoms with E-state index >= 15 is 0 Å². The number of amides is 1. The average Bonchev–Trinajstić information content (AvgIpc) is 3.36. The average molecular weight is 587 g/mol. The lowest BCUT2D eigenvalue weighted by molar-refractivity contribution is -0.138. The maximum Gasteiger partial charge on any atom is 0.416 e. The van der Waals surface area contributed by atoms with Crippen LogP contribution in [0, 0.1) is 12.8 Å². The highest BCUT2D eigenvalue weighted by Gasteiger charge is 2.41. The predicted octanol–water partition coefficient (Wildman–Crippen LogP) is 4.60. The maximum atomic E-state index is 14.2. The number of hydrogen-bond donors (Lipinski definition) is 1. The Morgan fingerprint density at radius 3 is 2.60 bits per heavy atom. The first kappa shape index (κ1) is 30.1. The number of nitrogen functional groups attached to an aromatic ring is 1. The van der Waals surface area contributed by atoms with Crippen LogP contribution in [0.4, 0.5) is 24.7 Å². The molecule has 2 saturated heterocycles. The van der Waals surface area contributed by atoms with Gasteiger partial charge in [-0.05, 0) is 94.3 Å². The Balaban J connectivity index is 1.54. The number of likely N-dealkylation sites (tertiary alicyclic amines) is 1. The molecule has 2 aliphatic heterocycles. The molecule has 0 spiro atoms. The maximum absolute atomic E-state index is 14.2. The van der Waals surface area contributed by atoms with Crippen molar-refractivity contribution < 1.29 is 22.7 Å². The van der Waals surface area contributed by atoms with Gasteiger partial charge >= 0.3 is 12.2 Å². The van der Waals surface area contributed by atoms with Crippen molar-refractivity contribution in [1.29, 1.82) is 0 Å². The number of aromatic nitrogens is 2. The van der Waals surface area contributed by atoms with Crippen LogP contribution in [0.2, 0.25) is 0 Å². The van der Waals surface area contributed by atoms with Crippen LogP contribution >= 0.6 is 0 Å². The van der Waals surface area contributed by atoms with Gasteiger partial charge in [-0.1, -0.05) is 13.5 Å². The Hall–Kier alpha value is -3.34. The number of fused-ring (bicyclic) bond motifs is 1. The van der Waals surface area contributed by atoms with E-state index in [9.17, 15) is 18.0 Å². The zero-order chi connectivity index (χ0) is 30.3. The molecule has 1 amide bonds. The van der Waals surface area contributed by atoms with Crippen LogP contribution in [0.1, 0.15) is 60.6 Å². The highest BCUT2D eigenvalue weighted by atomic mass is 19.4. The molecule has 228 valence electrons. The molecule has 0 bridgehead atoms. The number of nitrogens with zero attached hydrogens (tertiary/aromatic N) is 5. The summed E-state index contributed by atoms with van der Waals surface area (Å²) in [5, 5.41) is 0. The van der Waals surface area contributed by atoms with E-state index in [2.05, 4.69) is 23.4 Å². The van der Waals surface area contributed by atoms with Gasteiger partial charge in [0.25, 0.3) is 0 Å². The predicted molar refractivity (Wildman–Crippen MR) is 157 cm³/mol. The third kappa shape index (κ3) is 5.80. The van der Waals surface area contributed by atoms with Crippen molar-refractivity contribution >= 4 is 17.4 Å². The van der Waals surface area contributed by atoms with Gasteiger partial charge in [0.1, 0.15) is 12.4 Å². The molecule has 5 rings (SSSR count). The molecule has 0 unspecified atom stereocenters. The fourth-order valence-electron chi connectivity index (χ4n) is 6.87. The fraction of sp³-hybridized carbons (Fsp3) is 0.581. The van der Waals surface area contributed by atoms with Crippen molar-refractivity contribution in [1.82, 2.24) is 19.8 Å². The molecular weight excluding hydrogens is 545 g/mol. The number of rotatable bonds is 6. The van der Waals surface area contributed by atoms with E-state index in [1.165, 1.54) is 12.1 Å². The van der Waals surface area contributed by atoms with Crippen LogP contribution in [0.3, 0.4) is 0 Å². The van der Waals surface area contributed by atoms with Gasteiger partial charge in [-0.3, -0.25) is 4.79 Å². The quantitative estimate of drug-likeness (QED) is 0.391. The Morgan fingerprint density at radius 1 is 1.19 bits per heavy atom. The molecular formula is C31H41F3N6O2. The van der Waals surface area contributed by atoms with Gasteiger partial charge in [0.2, 0.25) is 5.91 Å². The molecule has 4 atom stereocenters. The van der Waals surface area contributed by atoms with Gasteiger partial charge in [0, 0.05) is 43.0 Å². The number of anilines is 2. The number of benzene rings is 1. The zero-order valence-electron chi connectivity index (χ0n) is 24.9. The standard InChI is InChI=1S/C31H41F3N6O2/c1-6-27(41)39-12-13-40(19(3)16-39)29-23-14-18(2)22(28-20(4)25(35)10-9-24(28)31(32,33)34)15-26(23)36-30(37-29)42-17-21-8-7-11-38(21)5/h6,9-10,18-19,21-22H,1,7-8,11-17,35H2,2-5H3/t18-,19+,21+,22-/m1/s1. The summed E-state index contributed by atoms with van der Waals surface area (Å²) in [5.41, 5.74) is 8.22. The van der Waals surface area contributed by atoms with Gasteiger partial charge in [0.15, 0.2) is 0 Å². The summed E-state index contributed by atoms with van der Waals surface area (Å²) in [6.07, 6.45) is -0.195. The largest absolute Gasteiger partial charge is 0.462 e. The van der Waals surface area contributed by atoms with Crippen LogP contribution in [0.15, 0.2) is 24.8 Å². The van der Waals surface area contributed by atoms with Gasteiger partial charge in [-0.2, -0.15) is 23.1 Å².